The fourth-order valence-corrected chi connectivity index (χ4v) is 7.14. The zero-order valence-electron chi connectivity index (χ0n) is 14.3. The van der Waals surface area contributed by atoms with Crippen molar-refractivity contribution in [2.45, 2.75) is 87.8 Å². The molecule has 4 nitrogen and oxygen atoms in total. The van der Waals surface area contributed by atoms with Crippen LogP contribution in [0.1, 0.15) is 70.6 Å². The molecule has 5 aliphatic rings. The molecular weight excluding hydrogens is 288 g/mol. The molecule has 2 N–H and O–H groups in total. The third kappa shape index (κ3) is 2.09. The molecule has 5 saturated carbocycles. The monoisotopic (exact) mass is 318 g/mol. The summed E-state index contributed by atoms with van der Waals surface area (Å²) < 4.78 is 5.73. The van der Waals surface area contributed by atoms with Gasteiger partial charge in [-0.15, -0.1) is 0 Å². The molecule has 0 aromatic heterocycles. The second kappa shape index (κ2) is 4.65. The molecule has 5 aliphatic carbocycles. The Morgan fingerprint density at radius 1 is 1.09 bits per heavy atom. The van der Waals surface area contributed by atoms with Gasteiger partial charge in [0, 0.05) is 18.7 Å². The molecule has 2 unspecified atom stereocenters. The quantitative estimate of drug-likeness (QED) is 0.838. The summed E-state index contributed by atoms with van der Waals surface area (Å²) in [4.78, 5) is 12.5. The fraction of sp³-hybridized carbons (Fsp3) is 0.947. The van der Waals surface area contributed by atoms with Crippen LogP contribution in [-0.4, -0.2) is 30.3 Å². The molecule has 0 aliphatic heterocycles. The number of amides is 2. The zero-order chi connectivity index (χ0) is 15.7. The van der Waals surface area contributed by atoms with Crippen molar-refractivity contribution in [3.05, 3.63) is 0 Å². The molecule has 0 aromatic rings. The summed E-state index contributed by atoms with van der Waals surface area (Å²) in [7, 11) is 1.82. The Morgan fingerprint density at radius 3 is 2.43 bits per heavy atom. The van der Waals surface area contributed by atoms with Crippen LogP contribution in [-0.2, 0) is 4.74 Å². The molecule has 0 heterocycles. The first kappa shape index (κ1) is 14.6. The number of ether oxygens (including phenoxy) is 1. The van der Waals surface area contributed by atoms with Gasteiger partial charge in [-0.05, 0) is 81.5 Å². The van der Waals surface area contributed by atoms with Gasteiger partial charge in [-0.1, -0.05) is 6.42 Å². The van der Waals surface area contributed by atoms with E-state index in [4.69, 9.17) is 4.74 Å². The van der Waals surface area contributed by atoms with E-state index in [1.807, 2.05) is 7.11 Å². The number of carbonyl (C=O) groups is 1. The third-order valence-corrected chi connectivity index (χ3v) is 8.33. The van der Waals surface area contributed by atoms with Crippen molar-refractivity contribution in [2.75, 3.05) is 7.11 Å². The molecule has 23 heavy (non-hydrogen) atoms. The number of fused-ring (bicyclic) bond motifs is 5. The molecule has 4 bridgehead atoms. The van der Waals surface area contributed by atoms with Crippen LogP contribution in [0.4, 0.5) is 4.79 Å². The largest absolute Gasteiger partial charge is 0.378 e. The maximum Gasteiger partial charge on any atom is 0.315 e. The number of nitrogens with one attached hydrogen (secondary N) is 2. The van der Waals surface area contributed by atoms with Gasteiger partial charge in [0.15, 0.2) is 0 Å². The molecule has 0 saturated heterocycles. The molecule has 0 radical (unpaired) electrons. The Morgan fingerprint density at radius 2 is 1.87 bits per heavy atom. The first-order chi connectivity index (χ1) is 11.0. The lowest BCUT2D eigenvalue weighted by molar-refractivity contribution is -0.000308. The van der Waals surface area contributed by atoms with Crippen LogP contribution in [0.2, 0.25) is 0 Å². The minimum absolute atomic E-state index is 0.00789. The van der Waals surface area contributed by atoms with Crippen molar-refractivity contribution in [1.82, 2.24) is 10.6 Å². The molecular formula is C19H30N2O2. The minimum Gasteiger partial charge on any atom is -0.378 e. The lowest BCUT2D eigenvalue weighted by Gasteiger charge is -2.51. The predicted octanol–water partition coefficient (Wildman–Crippen LogP) is 3.36. The second-order valence-corrected chi connectivity index (χ2v) is 9.49. The van der Waals surface area contributed by atoms with Gasteiger partial charge in [0.1, 0.15) is 0 Å². The Kier molecular flexibility index (Phi) is 2.94. The number of hydrogen-bond acceptors (Lipinski definition) is 2. The highest BCUT2D eigenvalue weighted by Crippen LogP contribution is 2.64. The molecule has 1 spiro atoms. The van der Waals surface area contributed by atoms with Crippen molar-refractivity contribution in [1.29, 1.82) is 0 Å². The van der Waals surface area contributed by atoms with Crippen LogP contribution >= 0.6 is 0 Å². The van der Waals surface area contributed by atoms with Gasteiger partial charge < -0.3 is 15.4 Å². The van der Waals surface area contributed by atoms with E-state index in [9.17, 15) is 4.79 Å². The van der Waals surface area contributed by atoms with Gasteiger partial charge in [-0.3, -0.25) is 0 Å². The SMILES string of the molecule is COC12CCC(NC(=O)NC3CC4(CC5CCC4C5)C3)(CC1)C2. The highest BCUT2D eigenvalue weighted by molar-refractivity contribution is 5.75. The van der Waals surface area contributed by atoms with Crippen LogP contribution in [0.3, 0.4) is 0 Å². The number of rotatable bonds is 3. The zero-order valence-corrected chi connectivity index (χ0v) is 14.3. The number of urea groups is 1. The van der Waals surface area contributed by atoms with Crippen LogP contribution in [0.15, 0.2) is 0 Å². The minimum atomic E-state index is 0.00789. The summed E-state index contributed by atoms with van der Waals surface area (Å²) in [6, 6.07) is 0.488. The fourth-order valence-electron chi connectivity index (χ4n) is 7.14. The Balaban J connectivity index is 1.14. The first-order valence-electron chi connectivity index (χ1n) is 9.68. The van der Waals surface area contributed by atoms with E-state index in [1.54, 1.807) is 0 Å². The van der Waals surface area contributed by atoms with E-state index in [1.165, 1.54) is 38.5 Å². The highest BCUT2D eigenvalue weighted by Gasteiger charge is 2.58. The molecule has 5 rings (SSSR count). The Hall–Kier alpha value is -0.770. The average Bonchev–Trinajstić information content (AvgIpc) is 3.24. The van der Waals surface area contributed by atoms with Gasteiger partial charge in [0.05, 0.1) is 5.60 Å². The Labute approximate surface area is 139 Å². The second-order valence-electron chi connectivity index (χ2n) is 9.49. The lowest BCUT2D eigenvalue weighted by atomic mass is 9.57. The smallest absolute Gasteiger partial charge is 0.315 e. The number of hydrogen-bond donors (Lipinski definition) is 2. The maximum atomic E-state index is 12.5. The number of carbonyl (C=O) groups excluding carboxylic acids is 1. The van der Waals surface area contributed by atoms with Crippen LogP contribution in [0, 0.1) is 17.3 Å². The molecule has 4 heteroatoms. The van der Waals surface area contributed by atoms with Crippen molar-refractivity contribution in [2.24, 2.45) is 17.3 Å². The summed E-state index contributed by atoms with van der Waals surface area (Å²) >= 11 is 0. The van der Waals surface area contributed by atoms with Crippen molar-refractivity contribution in [3.8, 4) is 0 Å². The van der Waals surface area contributed by atoms with Gasteiger partial charge in [0.25, 0.3) is 0 Å². The van der Waals surface area contributed by atoms with Gasteiger partial charge in [0.2, 0.25) is 0 Å². The van der Waals surface area contributed by atoms with Crippen LogP contribution < -0.4 is 10.6 Å². The maximum absolute atomic E-state index is 12.5. The Bertz CT molecular complexity index is 517. The molecule has 2 amide bonds. The summed E-state index contributed by atoms with van der Waals surface area (Å²) in [6.07, 6.45) is 13.6. The van der Waals surface area contributed by atoms with E-state index < -0.39 is 0 Å². The van der Waals surface area contributed by atoms with E-state index in [0.29, 0.717) is 11.5 Å². The summed E-state index contributed by atoms with van der Waals surface area (Å²) in [5.41, 5.74) is 0.677. The van der Waals surface area contributed by atoms with Crippen molar-refractivity contribution < 1.29 is 9.53 Å². The topological polar surface area (TPSA) is 50.4 Å². The standard InChI is InChI=1S/C19H30N2O2/c1-23-19-6-4-18(12-19,5-7-19)21-16(22)20-15-10-17(11-15)9-13-2-3-14(17)8-13/h13-15H,2-12H2,1H3,(H2,20,21,22). The molecule has 5 fully saturated rings. The van der Waals surface area contributed by atoms with E-state index in [2.05, 4.69) is 10.6 Å². The number of methoxy groups -OCH3 is 1. The van der Waals surface area contributed by atoms with Crippen molar-refractivity contribution in [3.63, 3.8) is 0 Å². The van der Waals surface area contributed by atoms with Crippen LogP contribution in [0.25, 0.3) is 0 Å². The predicted molar refractivity (Wildman–Crippen MR) is 88.1 cm³/mol. The van der Waals surface area contributed by atoms with E-state index in [-0.39, 0.29) is 17.2 Å². The normalized spacial score (nSPS) is 52.8. The summed E-state index contributed by atoms with van der Waals surface area (Å²) in [5, 5.41) is 6.60. The molecule has 128 valence electrons. The first-order valence-corrected chi connectivity index (χ1v) is 9.68. The van der Waals surface area contributed by atoms with E-state index >= 15 is 0 Å². The molecule has 2 atom stereocenters. The highest BCUT2D eigenvalue weighted by atomic mass is 16.5. The molecule has 0 aromatic carbocycles. The van der Waals surface area contributed by atoms with Gasteiger partial charge in [-0.2, -0.15) is 0 Å². The van der Waals surface area contributed by atoms with Gasteiger partial charge in [-0.25, -0.2) is 4.79 Å². The van der Waals surface area contributed by atoms with Gasteiger partial charge >= 0.3 is 6.03 Å². The van der Waals surface area contributed by atoms with Crippen molar-refractivity contribution >= 4 is 6.03 Å². The summed E-state index contributed by atoms with van der Waals surface area (Å²) in [5.74, 6) is 1.98. The van der Waals surface area contributed by atoms with E-state index in [0.717, 1.165) is 43.9 Å². The summed E-state index contributed by atoms with van der Waals surface area (Å²) in [6.45, 7) is 0. The third-order valence-electron chi connectivity index (χ3n) is 8.33. The van der Waals surface area contributed by atoms with Crippen LogP contribution in [0.5, 0.6) is 0 Å². The average molecular weight is 318 g/mol. The lowest BCUT2D eigenvalue weighted by Crippen LogP contribution is -2.58.